The van der Waals surface area contributed by atoms with Gasteiger partial charge < -0.3 is 4.90 Å². The van der Waals surface area contributed by atoms with Gasteiger partial charge in [-0.2, -0.15) is 0 Å². The molecule has 0 amide bonds. The monoisotopic (exact) mass is 151 g/mol. The van der Waals surface area contributed by atoms with Crippen molar-refractivity contribution in [2.75, 3.05) is 6.54 Å². The van der Waals surface area contributed by atoms with E-state index in [0.29, 0.717) is 6.04 Å². The molecule has 0 saturated heterocycles. The fourth-order valence-electron chi connectivity index (χ4n) is 1.47. The number of likely N-dealkylation sites (N-methyl/N-ethyl adjacent to an activating group) is 1. The second-order valence-electron chi connectivity index (χ2n) is 3.03. The molecule has 0 N–H and O–H groups in total. The molecule has 1 aliphatic rings. The molecular weight excluding hydrogens is 134 g/mol. The van der Waals surface area contributed by atoms with Crippen LogP contribution in [0.25, 0.3) is 0 Å². The van der Waals surface area contributed by atoms with E-state index >= 15 is 0 Å². The van der Waals surface area contributed by atoms with Crippen LogP contribution in [0.1, 0.15) is 27.2 Å². The average Bonchev–Trinajstić information content (AvgIpc) is 2.04. The van der Waals surface area contributed by atoms with E-state index in [9.17, 15) is 0 Å². The molecule has 1 heterocycles. The molecule has 0 aliphatic carbocycles. The molecule has 1 atom stereocenters. The van der Waals surface area contributed by atoms with Crippen LogP contribution >= 0.6 is 0 Å². The van der Waals surface area contributed by atoms with Crippen molar-refractivity contribution < 1.29 is 0 Å². The highest BCUT2D eigenvalue weighted by Gasteiger charge is 2.11. The summed E-state index contributed by atoms with van der Waals surface area (Å²) in [5, 5.41) is 0. The molecule has 0 aromatic heterocycles. The Morgan fingerprint density at radius 2 is 2.18 bits per heavy atom. The Hall–Kier alpha value is -0.720. The first-order valence-corrected chi connectivity index (χ1v) is 4.40. The molecule has 0 radical (unpaired) electrons. The summed E-state index contributed by atoms with van der Waals surface area (Å²) in [6, 6.07) is 0.630. The van der Waals surface area contributed by atoms with Crippen molar-refractivity contribution in [3.05, 3.63) is 23.9 Å². The van der Waals surface area contributed by atoms with Crippen molar-refractivity contribution in [3.8, 4) is 0 Å². The van der Waals surface area contributed by atoms with E-state index in [1.165, 1.54) is 12.0 Å². The second-order valence-corrected chi connectivity index (χ2v) is 3.03. The lowest BCUT2D eigenvalue weighted by molar-refractivity contribution is 0.322. The topological polar surface area (TPSA) is 3.24 Å². The van der Waals surface area contributed by atoms with Crippen LogP contribution < -0.4 is 0 Å². The first-order chi connectivity index (χ1) is 5.27. The molecule has 62 valence electrons. The van der Waals surface area contributed by atoms with Crippen LogP contribution in [0.2, 0.25) is 0 Å². The first-order valence-electron chi connectivity index (χ1n) is 4.40. The third-order valence-corrected chi connectivity index (χ3v) is 2.19. The Labute approximate surface area is 69.4 Å². The van der Waals surface area contributed by atoms with Crippen LogP contribution in [0, 0.1) is 0 Å². The van der Waals surface area contributed by atoms with Crippen molar-refractivity contribution in [2.45, 2.75) is 33.2 Å². The summed E-state index contributed by atoms with van der Waals surface area (Å²) < 4.78 is 0. The van der Waals surface area contributed by atoms with Gasteiger partial charge in [0.2, 0.25) is 0 Å². The molecule has 0 spiro atoms. The molecule has 1 aliphatic heterocycles. The van der Waals surface area contributed by atoms with Gasteiger partial charge in [-0.15, -0.1) is 0 Å². The summed E-state index contributed by atoms with van der Waals surface area (Å²) in [4.78, 5) is 2.37. The van der Waals surface area contributed by atoms with Crippen LogP contribution in [-0.4, -0.2) is 17.5 Å². The van der Waals surface area contributed by atoms with Gasteiger partial charge in [0.15, 0.2) is 0 Å². The van der Waals surface area contributed by atoms with E-state index in [2.05, 4.69) is 44.0 Å². The summed E-state index contributed by atoms with van der Waals surface area (Å²) >= 11 is 0. The van der Waals surface area contributed by atoms with E-state index in [4.69, 9.17) is 0 Å². The minimum absolute atomic E-state index is 0.630. The molecule has 0 bridgehead atoms. The maximum atomic E-state index is 2.37. The molecule has 0 fully saturated rings. The van der Waals surface area contributed by atoms with Gasteiger partial charge in [0.25, 0.3) is 0 Å². The lowest BCUT2D eigenvalue weighted by Gasteiger charge is -2.29. The molecule has 1 unspecified atom stereocenters. The highest BCUT2D eigenvalue weighted by atomic mass is 15.1. The zero-order valence-electron chi connectivity index (χ0n) is 7.67. The molecule has 1 rings (SSSR count). The van der Waals surface area contributed by atoms with Gasteiger partial charge in [0, 0.05) is 12.6 Å². The smallest absolute Gasteiger partial charge is 0.0470 e. The lowest BCUT2D eigenvalue weighted by atomic mass is 10.1. The van der Waals surface area contributed by atoms with Gasteiger partial charge in [-0.1, -0.05) is 18.6 Å². The molecule has 0 aromatic carbocycles. The Balaban J connectivity index is 2.66. The Morgan fingerprint density at radius 1 is 1.45 bits per heavy atom. The van der Waals surface area contributed by atoms with Crippen LogP contribution in [-0.2, 0) is 0 Å². The number of hydrogen-bond acceptors (Lipinski definition) is 1. The van der Waals surface area contributed by atoms with Gasteiger partial charge in [-0.25, -0.2) is 0 Å². The Morgan fingerprint density at radius 3 is 2.73 bits per heavy atom. The van der Waals surface area contributed by atoms with Crippen molar-refractivity contribution >= 4 is 0 Å². The highest BCUT2D eigenvalue weighted by molar-refractivity contribution is 5.22. The van der Waals surface area contributed by atoms with E-state index in [1.807, 2.05) is 0 Å². The van der Waals surface area contributed by atoms with Crippen LogP contribution in [0.5, 0.6) is 0 Å². The third-order valence-electron chi connectivity index (χ3n) is 2.19. The number of nitrogens with zero attached hydrogens (tertiary/aromatic N) is 1. The zero-order valence-corrected chi connectivity index (χ0v) is 7.67. The standard InChI is InChI=1S/C10H17N/c1-4-10-8-9(3)6-7-11(10)5-2/h6-8,10H,4-5H2,1-3H3. The van der Waals surface area contributed by atoms with Crippen LogP contribution in [0.3, 0.4) is 0 Å². The van der Waals surface area contributed by atoms with E-state index in [0.717, 1.165) is 6.54 Å². The quantitative estimate of drug-likeness (QED) is 0.586. The fourth-order valence-corrected chi connectivity index (χ4v) is 1.47. The van der Waals surface area contributed by atoms with Gasteiger partial charge in [-0.3, -0.25) is 0 Å². The predicted molar refractivity (Wildman–Crippen MR) is 49.4 cm³/mol. The summed E-state index contributed by atoms with van der Waals surface area (Å²) in [5.41, 5.74) is 1.39. The molecular formula is C10H17N. The van der Waals surface area contributed by atoms with Crippen molar-refractivity contribution in [1.82, 2.24) is 4.90 Å². The fraction of sp³-hybridized carbons (Fsp3) is 0.600. The average molecular weight is 151 g/mol. The van der Waals surface area contributed by atoms with Crippen molar-refractivity contribution in [1.29, 1.82) is 0 Å². The normalized spacial score (nSPS) is 23.7. The minimum Gasteiger partial charge on any atom is -0.371 e. The van der Waals surface area contributed by atoms with Crippen molar-refractivity contribution in [2.24, 2.45) is 0 Å². The Kier molecular flexibility index (Phi) is 2.75. The maximum Gasteiger partial charge on any atom is 0.0470 e. The van der Waals surface area contributed by atoms with Gasteiger partial charge in [-0.05, 0) is 32.5 Å². The molecule has 1 nitrogen and oxygen atoms in total. The second kappa shape index (κ2) is 3.61. The first kappa shape index (κ1) is 8.38. The summed E-state index contributed by atoms with van der Waals surface area (Å²) in [7, 11) is 0. The molecule has 0 aromatic rings. The number of hydrogen-bond donors (Lipinski definition) is 0. The van der Waals surface area contributed by atoms with E-state index in [-0.39, 0.29) is 0 Å². The summed E-state index contributed by atoms with van der Waals surface area (Å²) in [5.74, 6) is 0. The third kappa shape index (κ3) is 1.86. The number of allylic oxidation sites excluding steroid dienone is 2. The van der Waals surface area contributed by atoms with Crippen LogP contribution in [0.4, 0.5) is 0 Å². The maximum absolute atomic E-state index is 2.37. The molecule has 11 heavy (non-hydrogen) atoms. The lowest BCUT2D eigenvalue weighted by Crippen LogP contribution is -2.30. The largest absolute Gasteiger partial charge is 0.371 e. The Bertz CT molecular complexity index is 179. The molecule has 0 saturated carbocycles. The number of rotatable bonds is 2. The van der Waals surface area contributed by atoms with Gasteiger partial charge in [0.1, 0.15) is 0 Å². The van der Waals surface area contributed by atoms with Crippen molar-refractivity contribution in [3.63, 3.8) is 0 Å². The molecule has 1 heteroatoms. The van der Waals surface area contributed by atoms with Gasteiger partial charge >= 0.3 is 0 Å². The summed E-state index contributed by atoms with van der Waals surface area (Å²) in [6.07, 6.45) is 7.91. The summed E-state index contributed by atoms with van der Waals surface area (Å²) in [6.45, 7) is 7.70. The highest BCUT2D eigenvalue weighted by Crippen LogP contribution is 2.14. The zero-order chi connectivity index (χ0) is 8.27. The predicted octanol–water partition coefficient (Wildman–Crippen LogP) is 2.56. The SMILES string of the molecule is CCC1C=C(C)C=CN1CC. The minimum atomic E-state index is 0.630. The van der Waals surface area contributed by atoms with E-state index < -0.39 is 0 Å². The van der Waals surface area contributed by atoms with E-state index in [1.54, 1.807) is 0 Å². The van der Waals surface area contributed by atoms with Crippen LogP contribution in [0.15, 0.2) is 23.9 Å². The van der Waals surface area contributed by atoms with Gasteiger partial charge in [0.05, 0.1) is 0 Å².